The molecule has 1 heterocycles. The molecule has 166 valence electrons. The number of rotatable bonds is 16. The van der Waals surface area contributed by atoms with Gasteiger partial charge in [-0.3, -0.25) is 0 Å². The SMILES string of the molecule is CCCCCCCCc1cnc(-c2ccc(CCCCCCC(F)CC)cc2)nc1. The first-order valence-corrected chi connectivity index (χ1v) is 12.3. The Labute approximate surface area is 183 Å². The Morgan fingerprint density at radius 1 is 0.700 bits per heavy atom. The summed E-state index contributed by atoms with van der Waals surface area (Å²) in [6.07, 6.45) is 19.3. The van der Waals surface area contributed by atoms with Crippen LogP contribution in [0.25, 0.3) is 11.4 Å². The Hall–Kier alpha value is -1.77. The van der Waals surface area contributed by atoms with Gasteiger partial charge >= 0.3 is 0 Å². The van der Waals surface area contributed by atoms with Crippen LogP contribution in [-0.4, -0.2) is 16.1 Å². The van der Waals surface area contributed by atoms with E-state index in [9.17, 15) is 4.39 Å². The van der Waals surface area contributed by atoms with Crippen LogP contribution in [0.3, 0.4) is 0 Å². The fraction of sp³-hybridized carbons (Fsp3) is 0.630. The number of hydrogen-bond donors (Lipinski definition) is 0. The first kappa shape index (κ1) is 24.5. The van der Waals surface area contributed by atoms with Gasteiger partial charge in [0, 0.05) is 18.0 Å². The summed E-state index contributed by atoms with van der Waals surface area (Å²) < 4.78 is 13.2. The van der Waals surface area contributed by atoms with Gasteiger partial charge in [0.1, 0.15) is 0 Å². The highest BCUT2D eigenvalue weighted by Crippen LogP contribution is 2.18. The molecule has 0 amide bonds. The monoisotopic (exact) mass is 412 g/mol. The predicted molar refractivity (Wildman–Crippen MR) is 127 cm³/mol. The quantitative estimate of drug-likeness (QED) is 0.259. The molecule has 0 spiro atoms. The van der Waals surface area contributed by atoms with Crippen LogP contribution in [0.2, 0.25) is 0 Å². The first-order valence-electron chi connectivity index (χ1n) is 12.3. The van der Waals surface area contributed by atoms with Crippen LogP contribution >= 0.6 is 0 Å². The van der Waals surface area contributed by atoms with Crippen molar-refractivity contribution in [3.8, 4) is 11.4 Å². The van der Waals surface area contributed by atoms with E-state index in [0.29, 0.717) is 6.42 Å². The first-order chi connectivity index (χ1) is 14.7. The Morgan fingerprint density at radius 2 is 1.27 bits per heavy atom. The van der Waals surface area contributed by atoms with Crippen LogP contribution < -0.4 is 0 Å². The lowest BCUT2D eigenvalue weighted by Gasteiger charge is -2.06. The highest BCUT2D eigenvalue weighted by atomic mass is 19.1. The molecule has 0 saturated carbocycles. The largest absolute Gasteiger partial charge is 0.248 e. The van der Waals surface area contributed by atoms with Crippen LogP contribution in [-0.2, 0) is 12.8 Å². The van der Waals surface area contributed by atoms with Crippen LogP contribution in [0.5, 0.6) is 0 Å². The van der Waals surface area contributed by atoms with Gasteiger partial charge in [0.15, 0.2) is 5.82 Å². The third-order valence-electron chi connectivity index (χ3n) is 5.91. The molecule has 0 bridgehead atoms. The third kappa shape index (κ3) is 9.82. The molecular weight excluding hydrogens is 371 g/mol. The molecule has 1 atom stereocenters. The van der Waals surface area contributed by atoms with Gasteiger partial charge in [0.25, 0.3) is 0 Å². The Bertz CT molecular complexity index is 666. The number of aryl methyl sites for hydroxylation is 2. The van der Waals surface area contributed by atoms with Gasteiger partial charge in [-0.15, -0.1) is 0 Å². The van der Waals surface area contributed by atoms with Gasteiger partial charge < -0.3 is 0 Å². The molecule has 2 aromatic rings. The maximum absolute atomic E-state index is 13.2. The van der Waals surface area contributed by atoms with E-state index in [0.717, 1.165) is 43.5 Å². The van der Waals surface area contributed by atoms with E-state index in [1.807, 2.05) is 19.3 Å². The van der Waals surface area contributed by atoms with Crippen LogP contribution in [0.15, 0.2) is 36.7 Å². The molecule has 0 aliphatic heterocycles. The van der Waals surface area contributed by atoms with Crippen LogP contribution in [0.4, 0.5) is 4.39 Å². The average Bonchev–Trinajstić information content (AvgIpc) is 2.79. The number of benzene rings is 1. The van der Waals surface area contributed by atoms with Gasteiger partial charge in [0.2, 0.25) is 0 Å². The minimum Gasteiger partial charge on any atom is -0.248 e. The lowest BCUT2D eigenvalue weighted by Crippen LogP contribution is -1.96. The lowest BCUT2D eigenvalue weighted by molar-refractivity contribution is 0.296. The number of halogens is 1. The summed E-state index contributed by atoms with van der Waals surface area (Å²) in [4.78, 5) is 9.16. The van der Waals surface area contributed by atoms with Crippen molar-refractivity contribution in [1.29, 1.82) is 0 Å². The second kappa shape index (κ2) is 15.1. The summed E-state index contributed by atoms with van der Waals surface area (Å²) in [5.74, 6) is 0.810. The maximum atomic E-state index is 13.2. The van der Waals surface area contributed by atoms with Crippen molar-refractivity contribution >= 4 is 0 Å². The number of nitrogens with zero attached hydrogens (tertiary/aromatic N) is 2. The normalized spacial score (nSPS) is 12.2. The van der Waals surface area contributed by atoms with E-state index >= 15 is 0 Å². The second-order valence-electron chi connectivity index (χ2n) is 8.59. The topological polar surface area (TPSA) is 25.8 Å². The summed E-state index contributed by atoms with van der Waals surface area (Å²) in [6.45, 7) is 4.18. The highest BCUT2D eigenvalue weighted by Gasteiger charge is 2.04. The molecule has 0 fully saturated rings. The molecule has 0 aliphatic carbocycles. The highest BCUT2D eigenvalue weighted by molar-refractivity contribution is 5.55. The molecule has 0 radical (unpaired) electrons. The number of alkyl halides is 1. The van der Waals surface area contributed by atoms with Crippen molar-refractivity contribution in [1.82, 2.24) is 9.97 Å². The lowest BCUT2D eigenvalue weighted by atomic mass is 10.0. The van der Waals surface area contributed by atoms with E-state index in [-0.39, 0.29) is 0 Å². The third-order valence-corrected chi connectivity index (χ3v) is 5.91. The van der Waals surface area contributed by atoms with Crippen molar-refractivity contribution in [2.24, 2.45) is 0 Å². The Kier molecular flexibility index (Phi) is 12.3. The van der Waals surface area contributed by atoms with Crippen LogP contribution in [0.1, 0.15) is 102 Å². The fourth-order valence-corrected chi connectivity index (χ4v) is 3.82. The van der Waals surface area contributed by atoms with E-state index in [1.165, 1.54) is 62.5 Å². The molecule has 0 aliphatic rings. The van der Waals surface area contributed by atoms with Gasteiger partial charge in [0.05, 0.1) is 6.17 Å². The fourth-order valence-electron chi connectivity index (χ4n) is 3.82. The summed E-state index contributed by atoms with van der Waals surface area (Å²) >= 11 is 0. The number of hydrogen-bond acceptors (Lipinski definition) is 2. The van der Waals surface area contributed by atoms with Gasteiger partial charge in [-0.25, -0.2) is 14.4 Å². The average molecular weight is 413 g/mol. The van der Waals surface area contributed by atoms with Gasteiger partial charge in [-0.05, 0) is 49.7 Å². The molecule has 2 rings (SSSR count). The predicted octanol–water partition coefficient (Wildman–Crippen LogP) is 8.29. The smallest absolute Gasteiger partial charge is 0.159 e. The molecule has 1 aromatic carbocycles. The molecule has 0 saturated heterocycles. The summed E-state index contributed by atoms with van der Waals surface area (Å²) in [5.41, 5.74) is 3.68. The molecule has 30 heavy (non-hydrogen) atoms. The van der Waals surface area contributed by atoms with E-state index < -0.39 is 6.17 Å². The molecule has 2 nitrogen and oxygen atoms in total. The number of aromatic nitrogens is 2. The molecule has 1 unspecified atom stereocenters. The van der Waals surface area contributed by atoms with Crippen molar-refractivity contribution < 1.29 is 4.39 Å². The zero-order chi connectivity index (χ0) is 21.4. The summed E-state index contributed by atoms with van der Waals surface area (Å²) in [5, 5.41) is 0. The van der Waals surface area contributed by atoms with E-state index in [1.54, 1.807) is 0 Å². The minimum atomic E-state index is -0.607. The Balaban J connectivity index is 1.67. The van der Waals surface area contributed by atoms with E-state index in [4.69, 9.17) is 0 Å². The molecule has 3 heteroatoms. The van der Waals surface area contributed by atoms with Crippen LogP contribution in [0, 0.1) is 0 Å². The standard InChI is InChI=1S/C27H41FN2/c1-3-5-6-7-8-12-15-24-21-29-27(30-22-24)25-19-17-23(18-20-25)14-11-9-10-13-16-26(28)4-2/h17-22,26H,3-16H2,1-2H3. The molecular formula is C27H41FN2. The van der Waals surface area contributed by atoms with Crippen molar-refractivity contribution in [3.05, 3.63) is 47.8 Å². The van der Waals surface area contributed by atoms with Crippen molar-refractivity contribution in [3.63, 3.8) is 0 Å². The molecule has 0 N–H and O–H groups in total. The summed E-state index contributed by atoms with van der Waals surface area (Å²) in [6, 6.07) is 8.65. The number of unbranched alkanes of at least 4 members (excludes halogenated alkanes) is 8. The molecule has 1 aromatic heterocycles. The maximum Gasteiger partial charge on any atom is 0.159 e. The Morgan fingerprint density at radius 3 is 1.90 bits per heavy atom. The van der Waals surface area contributed by atoms with Crippen molar-refractivity contribution in [2.75, 3.05) is 0 Å². The second-order valence-corrected chi connectivity index (χ2v) is 8.59. The van der Waals surface area contributed by atoms with Gasteiger partial charge in [-0.1, -0.05) is 89.5 Å². The zero-order valence-electron chi connectivity index (χ0n) is 19.2. The van der Waals surface area contributed by atoms with Crippen molar-refractivity contribution in [2.45, 2.75) is 110 Å². The van der Waals surface area contributed by atoms with Gasteiger partial charge in [-0.2, -0.15) is 0 Å². The summed E-state index contributed by atoms with van der Waals surface area (Å²) in [7, 11) is 0. The van der Waals surface area contributed by atoms with E-state index in [2.05, 4.69) is 41.2 Å². The zero-order valence-corrected chi connectivity index (χ0v) is 19.2. The minimum absolute atomic E-state index is 0.607.